The quantitative estimate of drug-likeness (QED) is 0.821. The van der Waals surface area contributed by atoms with Gasteiger partial charge >= 0.3 is 12.0 Å². The highest BCUT2D eigenvalue weighted by Crippen LogP contribution is 2.33. The van der Waals surface area contributed by atoms with E-state index in [1.807, 2.05) is 6.92 Å². The molecule has 1 saturated heterocycles. The van der Waals surface area contributed by atoms with E-state index in [1.54, 1.807) is 7.11 Å². The van der Waals surface area contributed by atoms with Gasteiger partial charge in [-0.3, -0.25) is 0 Å². The van der Waals surface area contributed by atoms with Crippen LogP contribution in [-0.4, -0.2) is 53.3 Å². The molecule has 20 heavy (non-hydrogen) atoms. The summed E-state index contributed by atoms with van der Waals surface area (Å²) in [6, 6.07) is -0.148. The summed E-state index contributed by atoms with van der Waals surface area (Å²) >= 11 is 0. The lowest BCUT2D eigenvalue weighted by atomic mass is 9.93. The molecule has 1 saturated carbocycles. The molecule has 2 aliphatic rings. The highest BCUT2D eigenvalue weighted by molar-refractivity contribution is 5.87. The minimum Gasteiger partial charge on any atom is -0.479 e. The number of amides is 2. The van der Waals surface area contributed by atoms with Crippen LogP contribution in [0.25, 0.3) is 0 Å². The fraction of sp³-hybridized carbons (Fsp3) is 0.857. The van der Waals surface area contributed by atoms with E-state index >= 15 is 0 Å². The van der Waals surface area contributed by atoms with Gasteiger partial charge in [-0.25, -0.2) is 9.59 Å². The Hall–Kier alpha value is -1.30. The van der Waals surface area contributed by atoms with Crippen molar-refractivity contribution in [2.75, 3.05) is 13.7 Å². The monoisotopic (exact) mass is 284 g/mol. The Bertz CT molecular complexity index is 387. The van der Waals surface area contributed by atoms with E-state index in [0.29, 0.717) is 19.4 Å². The average molecular weight is 284 g/mol. The Morgan fingerprint density at radius 3 is 2.75 bits per heavy atom. The van der Waals surface area contributed by atoms with E-state index in [2.05, 4.69) is 5.32 Å². The van der Waals surface area contributed by atoms with Gasteiger partial charge in [0.2, 0.25) is 0 Å². The van der Waals surface area contributed by atoms with Gasteiger partial charge in [-0.1, -0.05) is 6.92 Å². The van der Waals surface area contributed by atoms with Crippen molar-refractivity contribution in [3.8, 4) is 0 Å². The highest BCUT2D eigenvalue weighted by atomic mass is 16.5. The molecule has 2 N–H and O–H groups in total. The first kappa shape index (κ1) is 15.1. The average Bonchev–Trinajstić information content (AvgIpc) is 3.04. The van der Waals surface area contributed by atoms with Crippen molar-refractivity contribution in [2.45, 2.75) is 63.1 Å². The van der Waals surface area contributed by atoms with Crippen LogP contribution in [0.15, 0.2) is 0 Å². The number of ether oxygens (including phenoxy) is 1. The molecule has 6 heteroatoms. The number of likely N-dealkylation sites (tertiary alicyclic amines) is 1. The van der Waals surface area contributed by atoms with E-state index in [4.69, 9.17) is 4.74 Å². The van der Waals surface area contributed by atoms with E-state index in [1.165, 1.54) is 4.90 Å². The first-order valence-electron chi connectivity index (χ1n) is 7.38. The van der Waals surface area contributed by atoms with Gasteiger partial charge in [0.25, 0.3) is 0 Å². The van der Waals surface area contributed by atoms with E-state index in [-0.39, 0.29) is 18.2 Å². The molecule has 2 amide bonds. The zero-order chi connectivity index (χ0) is 14.8. The maximum atomic E-state index is 12.4. The first-order chi connectivity index (χ1) is 9.53. The minimum absolute atomic E-state index is 0.0939. The number of aliphatic carboxylic acids is 1. The summed E-state index contributed by atoms with van der Waals surface area (Å²) < 4.78 is 5.29. The van der Waals surface area contributed by atoms with Crippen molar-refractivity contribution in [2.24, 2.45) is 0 Å². The summed E-state index contributed by atoms with van der Waals surface area (Å²) in [7, 11) is 1.68. The second-order valence-electron chi connectivity index (χ2n) is 5.76. The normalized spacial score (nSPS) is 33.4. The van der Waals surface area contributed by atoms with Crippen molar-refractivity contribution >= 4 is 12.0 Å². The van der Waals surface area contributed by atoms with E-state index < -0.39 is 11.5 Å². The lowest BCUT2D eigenvalue weighted by molar-refractivity contribution is -0.148. The smallest absolute Gasteiger partial charge is 0.329 e. The molecule has 3 unspecified atom stereocenters. The molecule has 0 aromatic heterocycles. The number of urea groups is 1. The van der Waals surface area contributed by atoms with Crippen LogP contribution in [0.1, 0.15) is 45.4 Å². The second kappa shape index (κ2) is 5.99. The zero-order valence-corrected chi connectivity index (χ0v) is 12.2. The predicted molar refractivity (Wildman–Crippen MR) is 73.6 cm³/mol. The molecule has 6 nitrogen and oxygen atoms in total. The Balaban J connectivity index is 2.00. The SMILES string of the molecule is CCC1(C(=O)O)CCCN1C(=O)NC1CCC(OC)C1. The molecule has 1 aliphatic heterocycles. The standard InChI is InChI=1S/C14H24N2O4/c1-3-14(12(17)18)7-4-8-16(14)13(19)15-10-5-6-11(9-10)20-2/h10-11H,3-9H2,1-2H3,(H,15,19)(H,17,18). The third-order valence-corrected chi connectivity index (χ3v) is 4.76. The molecule has 0 aromatic rings. The maximum absolute atomic E-state index is 12.4. The molecule has 0 aromatic carbocycles. The van der Waals surface area contributed by atoms with Gasteiger partial charge < -0.3 is 20.1 Å². The number of methoxy groups -OCH3 is 1. The number of nitrogens with one attached hydrogen (secondary N) is 1. The predicted octanol–water partition coefficient (Wildman–Crippen LogP) is 1.59. The molecule has 3 atom stereocenters. The van der Waals surface area contributed by atoms with Crippen LogP contribution in [0.3, 0.4) is 0 Å². The van der Waals surface area contributed by atoms with Gasteiger partial charge in [0.05, 0.1) is 6.10 Å². The van der Waals surface area contributed by atoms with Gasteiger partial charge in [0.15, 0.2) is 0 Å². The fourth-order valence-electron chi connectivity index (χ4n) is 3.45. The third kappa shape index (κ3) is 2.61. The Morgan fingerprint density at radius 1 is 1.45 bits per heavy atom. The molecular weight excluding hydrogens is 260 g/mol. The number of carbonyl (C=O) groups excluding carboxylic acids is 1. The molecular formula is C14H24N2O4. The lowest BCUT2D eigenvalue weighted by Gasteiger charge is -2.34. The van der Waals surface area contributed by atoms with Crippen LogP contribution in [0, 0.1) is 0 Å². The largest absolute Gasteiger partial charge is 0.479 e. The Labute approximate surface area is 119 Å². The van der Waals surface area contributed by atoms with Crippen LogP contribution in [0.4, 0.5) is 4.79 Å². The molecule has 1 aliphatic carbocycles. The molecule has 2 fully saturated rings. The van der Waals surface area contributed by atoms with Gasteiger partial charge in [-0.2, -0.15) is 0 Å². The van der Waals surface area contributed by atoms with Crippen LogP contribution < -0.4 is 5.32 Å². The number of carbonyl (C=O) groups is 2. The number of hydrogen-bond acceptors (Lipinski definition) is 3. The first-order valence-corrected chi connectivity index (χ1v) is 7.38. The minimum atomic E-state index is -1.02. The van der Waals surface area contributed by atoms with Crippen molar-refractivity contribution in [3.63, 3.8) is 0 Å². The van der Waals surface area contributed by atoms with Crippen molar-refractivity contribution in [3.05, 3.63) is 0 Å². The highest BCUT2D eigenvalue weighted by Gasteiger charge is 2.49. The molecule has 1 heterocycles. The van der Waals surface area contributed by atoms with E-state index in [0.717, 1.165) is 25.7 Å². The summed E-state index contributed by atoms with van der Waals surface area (Å²) in [5.41, 5.74) is -1.02. The van der Waals surface area contributed by atoms with Crippen LogP contribution >= 0.6 is 0 Å². The summed E-state index contributed by atoms with van der Waals surface area (Å²) in [5, 5.41) is 12.5. The number of carboxylic acid groups (broad SMARTS) is 1. The molecule has 0 spiro atoms. The van der Waals surface area contributed by atoms with Gasteiger partial charge in [-0.15, -0.1) is 0 Å². The molecule has 2 rings (SSSR count). The van der Waals surface area contributed by atoms with Crippen molar-refractivity contribution < 1.29 is 19.4 Å². The van der Waals surface area contributed by atoms with Gasteiger partial charge in [-0.05, 0) is 38.5 Å². The van der Waals surface area contributed by atoms with Crippen LogP contribution in [-0.2, 0) is 9.53 Å². The summed E-state index contributed by atoms with van der Waals surface area (Å²) in [5.74, 6) is -0.895. The van der Waals surface area contributed by atoms with Crippen molar-refractivity contribution in [1.82, 2.24) is 10.2 Å². The van der Waals surface area contributed by atoms with Crippen LogP contribution in [0.5, 0.6) is 0 Å². The summed E-state index contributed by atoms with van der Waals surface area (Å²) in [4.78, 5) is 25.5. The maximum Gasteiger partial charge on any atom is 0.329 e. The lowest BCUT2D eigenvalue weighted by Crippen LogP contribution is -2.56. The number of rotatable bonds is 4. The Kier molecular flexibility index (Phi) is 4.52. The fourth-order valence-corrected chi connectivity index (χ4v) is 3.45. The molecule has 114 valence electrons. The van der Waals surface area contributed by atoms with Gasteiger partial charge in [0.1, 0.15) is 5.54 Å². The van der Waals surface area contributed by atoms with E-state index in [9.17, 15) is 14.7 Å². The number of nitrogens with zero attached hydrogens (tertiary/aromatic N) is 1. The topological polar surface area (TPSA) is 78.9 Å². The summed E-state index contributed by atoms with van der Waals surface area (Å²) in [6.45, 7) is 2.35. The molecule has 0 bridgehead atoms. The Morgan fingerprint density at radius 2 is 2.20 bits per heavy atom. The van der Waals surface area contributed by atoms with Gasteiger partial charge in [0, 0.05) is 19.7 Å². The van der Waals surface area contributed by atoms with Crippen molar-refractivity contribution in [1.29, 1.82) is 0 Å². The zero-order valence-electron chi connectivity index (χ0n) is 12.2. The molecule has 0 radical (unpaired) electrons. The van der Waals surface area contributed by atoms with Crippen LogP contribution in [0.2, 0.25) is 0 Å². The number of carboxylic acids is 1. The second-order valence-corrected chi connectivity index (χ2v) is 5.76. The number of hydrogen-bond donors (Lipinski definition) is 2. The third-order valence-electron chi connectivity index (χ3n) is 4.76. The summed E-state index contributed by atoms with van der Waals surface area (Å²) in [6.07, 6.45) is 4.58.